The van der Waals surface area contributed by atoms with Gasteiger partial charge in [0, 0.05) is 17.0 Å². The number of aliphatic imine (C=N–C) groups is 1. The van der Waals surface area contributed by atoms with Crippen molar-refractivity contribution in [2.75, 3.05) is 26.3 Å². The van der Waals surface area contributed by atoms with Gasteiger partial charge in [0.1, 0.15) is 0 Å². The molecule has 1 aromatic carbocycles. The van der Waals surface area contributed by atoms with E-state index in [1.54, 1.807) is 0 Å². The summed E-state index contributed by atoms with van der Waals surface area (Å²) in [5, 5.41) is 7.46. The number of halogens is 1. The summed E-state index contributed by atoms with van der Waals surface area (Å²) in [6, 6.07) is 8.03. The molecule has 21 heavy (non-hydrogen) atoms. The SMILES string of the molecule is CCNC(=NCC1(C)COC1)NC(C)c1cccc(Cl)c1. The van der Waals surface area contributed by atoms with Crippen LogP contribution in [-0.2, 0) is 4.74 Å². The van der Waals surface area contributed by atoms with E-state index in [1.165, 1.54) is 0 Å². The first kappa shape index (κ1) is 16.1. The number of guanidine groups is 1. The molecule has 116 valence electrons. The highest BCUT2D eigenvalue weighted by molar-refractivity contribution is 6.30. The molecular weight excluding hydrogens is 286 g/mol. The molecular formula is C16H24ClN3O. The van der Waals surface area contributed by atoms with Gasteiger partial charge in [-0.15, -0.1) is 0 Å². The molecule has 1 unspecified atom stereocenters. The Balaban J connectivity index is 1.99. The van der Waals surface area contributed by atoms with Gasteiger partial charge in [-0.05, 0) is 31.5 Å². The van der Waals surface area contributed by atoms with Crippen molar-refractivity contribution >= 4 is 17.6 Å². The van der Waals surface area contributed by atoms with Gasteiger partial charge in [0.2, 0.25) is 0 Å². The molecule has 0 amide bonds. The maximum atomic E-state index is 6.05. The molecule has 0 aliphatic carbocycles. The Hall–Kier alpha value is -1.26. The Morgan fingerprint density at radius 1 is 1.48 bits per heavy atom. The second kappa shape index (κ2) is 7.14. The van der Waals surface area contributed by atoms with Crippen molar-refractivity contribution in [3.63, 3.8) is 0 Å². The van der Waals surface area contributed by atoms with E-state index in [9.17, 15) is 0 Å². The topological polar surface area (TPSA) is 45.7 Å². The Morgan fingerprint density at radius 2 is 2.24 bits per heavy atom. The second-order valence-electron chi connectivity index (χ2n) is 5.92. The molecule has 1 atom stereocenters. The summed E-state index contributed by atoms with van der Waals surface area (Å²) in [5.41, 5.74) is 1.33. The van der Waals surface area contributed by atoms with Crippen LogP contribution in [0.5, 0.6) is 0 Å². The number of nitrogens with one attached hydrogen (secondary N) is 2. The van der Waals surface area contributed by atoms with Crippen LogP contribution in [0.4, 0.5) is 0 Å². The van der Waals surface area contributed by atoms with Crippen LogP contribution < -0.4 is 10.6 Å². The first-order valence-electron chi connectivity index (χ1n) is 7.40. The first-order chi connectivity index (χ1) is 10.0. The summed E-state index contributed by atoms with van der Waals surface area (Å²) < 4.78 is 5.27. The van der Waals surface area contributed by atoms with E-state index in [0.29, 0.717) is 0 Å². The van der Waals surface area contributed by atoms with Crippen LogP contribution in [0.15, 0.2) is 29.3 Å². The fourth-order valence-corrected chi connectivity index (χ4v) is 2.39. The van der Waals surface area contributed by atoms with E-state index < -0.39 is 0 Å². The highest BCUT2D eigenvalue weighted by Gasteiger charge is 2.33. The third-order valence-electron chi connectivity index (χ3n) is 3.57. The average molecular weight is 310 g/mol. The quantitative estimate of drug-likeness (QED) is 0.649. The lowest BCUT2D eigenvalue weighted by Crippen LogP contribution is -2.44. The molecule has 0 spiro atoms. The van der Waals surface area contributed by atoms with Gasteiger partial charge in [0.25, 0.3) is 0 Å². The lowest BCUT2D eigenvalue weighted by atomic mass is 9.89. The van der Waals surface area contributed by atoms with Crippen molar-refractivity contribution in [3.05, 3.63) is 34.9 Å². The predicted molar refractivity (Wildman–Crippen MR) is 87.9 cm³/mol. The van der Waals surface area contributed by atoms with Crippen LogP contribution in [0.25, 0.3) is 0 Å². The van der Waals surface area contributed by atoms with Crippen molar-refractivity contribution in [2.24, 2.45) is 10.4 Å². The second-order valence-corrected chi connectivity index (χ2v) is 6.36. The Labute approximate surface area is 131 Å². The van der Waals surface area contributed by atoms with Crippen molar-refractivity contribution < 1.29 is 4.74 Å². The average Bonchev–Trinajstić information content (AvgIpc) is 2.43. The summed E-state index contributed by atoms with van der Waals surface area (Å²) >= 11 is 6.05. The standard InChI is InChI=1S/C16H24ClN3O/c1-4-18-15(19-9-16(3)10-21-11-16)20-12(2)13-6-5-7-14(17)8-13/h5-8,12H,4,9-11H2,1-3H3,(H2,18,19,20). The van der Waals surface area contributed by atoms with Crippen molar-refractivity contribution in [3.8, 4) is 0 Å². The lowest BCUT2D eigenvalue weighted by Gasteiger charge is -2.36. The molecule has 0 bridgehead atoms. The molecule has 2 rings (SSSR count). The Bertz CT molecular complexity index is 500. The van der Waals surface area contributed by atoms with Crippen molar-refractivity contribution in [1.29, 1.82) is 0 Å². The molecule has 1 aliphatic rings. The molecule has 1 saturated heterocycles. The van der Waals surface area contributed by atoms with E-state index in [1.807, 2.05) is 18.2 Å². The van der Waals surface area contributed by atoms with Gasteiger partial charge in [-0.1, -0.05) is 30.7 Å². The summed E-state index contributed by atoms with van der Waals surface area (Å²) in [5.74, 6) is 0.832. The third-order valence-corrected chi connectivity index (χ3v) is 3.80. The summed E-state index contributed by atoms with van der Waals surface area (Å²) in [4.78, 5) is 4.68. The molecule has 1 heterocycles. The number of hydrogen-bond acceptors (Lipinski definition) is 2. The fourth-order valence-electron chi connectivity index (χ4n) is 2.20. The smallest absolute Gasteiger partial charge is 0.191 e. The maximum Gasteiger partial charge on any atom is 0.191 e. The van der Waals surface area contributed by atoms with E-state index in [0.717, 1.165) is 42.8 Å². The van der Waals surface area contributed by atoms with Crippen molar-refractivity contribution in [1.82, 2.24) is 10.6 Å². The minimum atomic E-state index is 0.145. The zero-order valence-corrected chi connectivity index (χ0v) is 13.7. The summed E-state index contributed by atoms with van der Waals surface area (Å²) in [6.45, 7) is 9.55. The lowest BCUT2D eigenvalue weighted by molar-refractivity contribution is -0.0945. The van der Waals surface area contributed by atoms with E-state index in [-0.39, 0.29) is 11.5 Å². The molecule has 2 N–H and O–H groups in total. The monoisotopic (exact) mass is 309 g/mol. The third kappa shape index (κ3) is 4.61. The van der Waals surface area contributed by atoms with Crippen LogP contribution in [0, 0.1) is 5.41 Å². The van der Waals surface area contributed by atoms with Gasteiger partial charge in [-0.3, -0.25) is 4.99 Å². The highest BCUT2D eigenvalue weighted by Crippen LogP contribution is 2.26. The number of ether oxygens (including phenoxy) is 1. The molecule has 0 aromatic heterocycles. The van der Waals surface area contributed by atoms with Crippen molar-refractivity contribution in [2.45, 2.75) is 26.8 Å². The molecule has 0 radical (unpaired) electrons. The Kier molecular flexibility index (Phi) is 5.48. The summed E-state index contributed by atoms with van der Waals surface area (Å²) in [7, 11) is 0. The van der Waals surface area contributed by atoms with Gasteiger partial charge < -0.3 is 15.4 Å². The van der Waals surface area contributed by atoms with Gasteiger partial charge in [-0.25, -0.2) is 0 Å². The fraction of sp³-hybridized carbons (Fsp3) is 0.562. The van der Waals surface area contributed by atoms with Gasteiger partial charge in [-0.2, -0.15) is 0 Å². The zero-order chi connectivity index (χ0) is 15.3. The van der Waals surface area contributed by atoms with E-state index in [2.05, 4.69) is 42.5 Å². The van der Waals surface area contributed by atoms with Crippen LogP contribution >= 0.6 is 11.6 Å². The first-order valence-corrected chi connectivity index (χ1v) is 7.78. The number of nitrogens with zero attached hydrogens (tertiary/aromatic N) is 1. The van der Waals surface area contributed by atoms with Crippen LogP contribution in [0.1, 0.15) is 32.4 Å². The predicted octanol–water partition coefficient (Wildman–Crippen LogP) is 2.99. The van der Waals surface area contributed by atoms with Gasteiger partial charge in [0.05, 0.1) is 25.8 Å². The molecule has 1 fully saturated rings. The summed E-state index contributed by atoms with van der Waals surface area (Å²) in [6.07, 6.45) is 0. The van der Waals surface area contributed by atoms with Crippen LogP contribution in [0.3, 0.4) is 0 Å². The van der Waals surface area contributed by atoms with E-state index >= 15 is 0 Å². The molecule has 1 aliphatic heterocycles. The highest BCUT2D eigenvalue weighted by atomic mass is 35.5. The number of rotatable bonds is 5. The Morgan fingerprint density at radius 3 is 2.81 bits per heavy atom. The van der Waals surface area contributed by atoms with Gasteiger partial charge in [0.15, 0.2) is 5.96 Å². The number of benzene rings is 1. The van der Waals surface area contributed by atoms with Crippen LogP contribution in [-0.4, -0.2) is 32.3 Å². The minimum absolute atomic E-state index is 0.145. The normalized spacial score (nSPS) is 18.8. The minimum Gasteiger partial charge on any atom is -0.380 e. The van der Waals surface area contributed by atoms with E-state index in [4.69, 9.17) is 16.3 Å². The molecule has 1 aromatic rings. The van der Waals surface area contributed by atoms with Gasteiger partial charge >= 0.3 is 0 Å². The molecule has 4 nitrogen and oxygen atoms in total. The molecule has 0 saturated carbocycles. The van der Waals surface area contributed by atoms with Crippen LogP contribution in [0.2, 0.25) is 5.02 Å². The largest absolute Gasteiger partial charge is 0.380 e. The zero-order valence-electron chi connectivity index (χ0n) is 12.9. The number of hydrogen-bond donors (Lipinski definition) is 2. The molecule has 5 heteroatoms. The maximum absolute atomic E-state index is 6.05.